The summed E-state index contributed by atoms with van der Waals surface area (Å²) in [5.41, 5.74) is 2.07. The summed E-state index contributed by atoms with van der Waals surface area (Å²) in [6, 6.07) is 9.11. The second-order valence-corrected chi connectivity index (χ2v) is 8.11. The summed E-state index contributed by atoms with van der Waals surface area (Å²) in [5, 5.41) is 13.5. The molecule has 6 heteroatoms. The number of benzene rings is 1. The van der Waals surface area contributed by atoms with E-state index in [9.17, 15) is 4.79 Å². The molecule has 1 saturated carbocycles. The Bertz CT molecular complexity index is 1020. The van der Waals surface area contributed by atoms with Gasteiger partial charge in [0.05, 0.1) is 18.2 Å². The van der Waals surface area contributed by atoms with Crippen molar-refractivity contribution >= 4 is 22.8 Å². The van der Waals surface area contributed by atoms with Gasteiger partial charge < -0.3 is 19.6 Å². The van der Waals surface area contributed by atoms with Crippen molar-refractivity contribution < 1.29 is 19.1 Å². The first-order chi connectivity index (χ1) is 13.9. The summed E-state index contributed by atoms with van der Waals surface area (Å²) >= 11 is 0. The van der Waals surface area contributed by atoms with Crippen LogP contribution in [0.3, 0.4) is 0 Å². The second-order valence-electron chi connectivity index (χ2n) is 8.11. The molecule has 0 bridgehead atoms. The molecule has 1 atom stereocenters. The van der Waals surface area contributed by atoms with Crippen molar-refractivity contribution in [3.8, 4) is 5.75 Å². The molecular weight excluding hydrogens is 368 g/mol. The highest BCUT2D eigenvalue weighted by molar-refractivity contribution is 5.87. The monoisotopic (exact) mass is 394 g/mol. The predicted molar refractivity (Wildman–Crippen MR) is 112 cm³/mol. The van der Waals surface area contributed by atoms with Crippen molar-refractivity contribution in [1.82, 2.24) is 4.98 Å². The van der Waals surface area contributed by atoms with Crippen molar-refractivity contribution in [2.45, 2.75) is 39.7 Å². The van der Waals surface area contributed by atoms with E-state index in [4.69, 9.17) is 14.3 Å². The predicted octanol–water partition coefficient (Wildman–Crippen LogP) is 5.43. The summed E-state index contributed by atoms with van der Waals surface area (Å²) in [6.07, 6.45) is 3.89. The summed E-state index contributed by atoms with van der Waals surface area (Å²) in [4.78, 5) is 15.3. The number of aromatic nitrogens is 1. The fourth-order valence-electron chi connectivity index (χ4n) is 3.40. The molecule has 29 heavy (non-hydrogen) atoms. The molecule has 0 saturated heterocycles. The second kappa shape index (κ2) is 7.78. The molecule has 3 aromatic rings. The van der Waals surface area contributed by atoms with Crippen LogP contribution in [-0.4, -0.2) is 22.7 Å². The van der Waals surface area contributed by atoms with Crippen molar-refractivity contribution in [1.29, 1.82) is 0 Å². The van der Waals surface area contributed by atoms with E-state index in [2.05, 4.69) is 37.1 Å². The maximum atomic E-state index is 11.0. The zero-order valence-electron chi connectivity index (χ0n) is 16.9. The van der Waals surface area contributed by atoms with Crippen LogP contribution in [0, 0.1) is 18.8 Å². The number of aromatic carboxylic acids is 1. The first-order valence-corrected chi connectivity index (χ1v) is 10.0. The molecule has 2 N–H and O–H groups in total. The fourth-order valence-corrected chi connectivity index (χ4v) is 3.40. The van der Waals surface area contributed by atoms with Gasteiger partial charge in [0.15, 0.2) is 0 Å². The maximum absolute atomic E-state index is 11.0. The van der Waals surface area contributed by atoms with Crippen molar-refractivity contribution in [3.05, 3.63) is 53.4 Å². The first-order valence-electron chi connectivity index (χ1n) is 10.0. The molecule has 0 radical (unpaired) electrons. The van der Waals surface area contributed by atoms with E-state index in [1.54, 1.807) is 12.1 Å². The normalized spacial score (nSPS) is 14.9. The number of anilines is 1. The number of nitrogens with zero attached hydrogens (tertiary/aromatic N) is 1. The van der Waals surface area contributed by atoms with Crippen LogP contribution in [0.4, 0.5) is 5.82 Å². The van der Waals surface area contributed by atoms with E-state index in [-0.39, 0.29) is 17.5 Å². The molecule has 1 aliphatic rings. The summed E-state index contributed by atoms with van der Waals surface area (Å²) < 4.78 is 12.1. The molecule has 1 aliphatic carbocycles. The van der Waals surface area contributed by atoms with Gasteiger partial charge in [0.25, 0.3) is 0 Å². The van der Waals surface area contributed by atoms with Gasteiger partial charge in [0.2, 0.25) is 0 Å². The minimum absolute atomic E-state index is 0.0959. The number of carboxylic acid groups (broad SMARTS) is 1. The van der Waals surface area contributed by atoms with Crippen LogP contribution in [0.1, 0.15) is 54.4 Å². The van der Waals surface area contributed by atoms with E-state index in [1.165, 1.54) is 19.0 Å². The van der Waals surface area contributed by atoms with Gasteiger partial charge in [-0.2, -0.15) is 0 Å². The largest absolute Gasteiger partial charge is 0.493 e. The van der Waals surface area contributed by atoms with E-state index in [1.807, 2.05) is 12.1 Å². The smallest absolute Gasteiger partial charge is 0.337 e. The van der Waals surface area contributed by atoms with E-state index < -0.39 is 5.97 Å². The third-order valence-electron chi connectivity index (χ3n) is 5.39. The van der Waals surface area contributed by atoms with E-state index in [0.29, 0.717) is 11.7 Å². The summed E-state index contributed by atoms with van der Waals surface area (Å²) in [6.45, 7) is 7.06. The Kier molecular flexibility index (Phi) is 5.18. The molecule has 1 fully saturated rings. The number of ether oxygens (including phenoxy) is 1. The van der Waals surface area contributed by atoms with E-state index in [0.717, 1.165) is 34.6 Å². The van der Waals surface area contributed by atoms with Gasteiger partial charge in [-0.1, -0.05) is 13.8 Å². The SMILES string of the molecule is Cc1c(C(Nc2ccc(C(=O)O)cn2)C(C)C)oc2ccc(OCC3CC3)cc12. The minimum Gasteiger partial charge on any atom is -0.493 e. The molecular formula is C23H26N2O4. The Hall–Kier alpha value is -3.02. The number of hydrogen-bond acceptors (Lipinski definition) is 5. The molecule has 0 spiro atoms. The highest BCUT2D eigenvalue weighted by Gasteiger charge is 2.25. The number of carboxylic acids is 1. The number of pyridine rings is 1. The molecule has 6 nitrogen and oxygen atoms in total. The van der Waals surface area contributed by atoms with Gasteiger partial charge in [-0.3, -0.25) is 0 Å². The zero-order valence-corrected chi connectivity index (χ0v) is 16.9. The Balaban J connectivity index is 1.60. The third kappa shape index (κ3) is 4.21. The standard InChI is InChI=1S/C23H26N2O4/c1-13(2)21(25-20-9-6-16(11-24-20)23(26)27)22-14(3)18-10-17(7-8-19(18)29-22)28-12-15-4-5-15/h6-11,13,15,21H,4-5,12H2,1-3H3,(H,24,25)(H,26,27). The lowest BCUT2D eigenvalue weighted by atomic mass is 9.98. The average molecular weight is 394 g/mol. The number of rotatable bonds is 8. The van der Waals surface area contributed by atoms with Crippen LogP contribution in [0.2, 0.25) is 0 Å². The van der Waals surface area contributed by atoms with Gasteiger partial charge in [-0.15, -0.1) is 0 Å². The Morgan fingerprint density at radius 1 is 1.31 bits per heavy atom. The van der Waals surface area contributed by atoms with Crippen molar-refractivity contribution in [2.75, 3.05) is 11.9 Å². The van der Waals surface area contributed by atoms with Gasteiger partial charge >= 0.3 is 5.97 Å². The van der Waals surface area contributed by atoms with Gasteiger partial charge in [0, 0.05) is 17.1 Å². The molecule has 2 aromatic heterocycles. The van der Waals surface area contributed by atoms with Gasteiger partial charge in [-0.25, -0.2) is 9.78 Å². The van der Waals surface area contributed by atoms with Crippen LogP contribution < -0.4 is 10.1 Å². The lowest BCUT2D eigenvalue weighted by molar-refractivity contribution is 0.0696. The molecule has 0 aliphatic heterocycles. The highest BCUT2D eigenvalue weighted by Crippen LogP contribution is 2.37. The summed E-state index contributed by atoms with van der Waals surface area (Å²) in [5.74, 6) is 2.31. The number of hydrogen-bond donors (Lipinski definition) is 2. The number of fused-ring (bicyclic) bond motifs is 1. The topological polar surface area (TPSA) is 84.6 Å². The quantitative estimate of drug-likeness (QED) is 0.530. The Morgan fingerprint density at radius 3 is 2.72 bits per heavy atom. The minimum atomic E-state index is -0.989. The molecule has 152 valence electrons. The maximum Gasteiger partial charge on any atom is 0.337 e. The Morgan fingerprint density at radius 2 is 2.10 bits per heavy atom. The third-order valence-corrected chi connectivity index (χ3v) is 5.39. The van der Waals surface area contributed by atoms with Crippen LogP contribution in [0.25, 0.3) is 11.0 Å². The molecule has 0 amide bonds. The van der Waals surface area contributed by atoms with Crippen molar-refractivity contribution in [2.24, 2.45) is 11.8 Å². The first kappa shape index (κ1) is 19.3. The number of carbonyl (C=O) groups is 1. The molecule has 2 heterocycles. The number of furan rings is 1. The average Bonchev–Trinajstić information content (AvgIpc) is 3.48. The van der Waals surface area contributed by atoms with Crippen LogP contribution in [0.5, 0.6) is 5.75 Å². The summed E-state index contributed by atoms with van der Waals surface area (Å²) in [7, 11) is 0. The molecule has 4 rings (SSSR count). The zero-order chi connectivity index (χ0) is 20.5. The van der Waals surface area contributed by atoms with Crippen molar-refractivity contribution in [3.63, 3.8) is 0 Å². The fraction of sp³-hybridized carbons (Fsp3) is 0.391. The number of nitrogens with one attached hydrogen (secondary N) is 1. The van der Waals surface area contributed by atoms with E-state index >= 15 is 0 Å². The lowest BCUT2D eigenvalue weighted by Gasteiger charge is -2.21. The Labute approximate surface area is 169 Å². The van der Waals surface area contributed by atoms with Gasteiger partial charge in [-0.05, 0) is 61.9 Å². The van der Waals surface area contributed by atoms with Crippen LogP contribution >= 0.6 is 0 Å². The lowest BCUT2D eigenvalue weighted by Crippen LogP contribution is -2.18. The number of aryl methyl sites for hydroxylation is 1. The highest BCUT2D eigenvalue weighted by atomic mass is 16.5. The van der Waals surface area contributed by atoms with Crippen LogP contribution in [-0.2, 0) is 0 Å². The van der Waals surface area contributed by atoms with Gasteiger partial charge in [0.1, 0.15) is 22.9 Å². The van der Waals surface area contributed by atoms with Crippen LogP contribution in [0.15, 0.2) is 40.9 Å². The molecule has 1 unspecified atom stereocenters. The molecule has 1 aromatic carbocycles.